The largest absolute Gasteiger partial charge is 0.494 e. The third-order valence-electron chi connectivity index (χ3n) is 2.49. The highest BCUT2D eigenvalue weighted by atomic mass is 16.5. The van der Waals surface area contributed by atoms with Crippen LogP contribution in [0.5, 0.6) is 5.75 Å². The van der Waals surface area contributed by atoms with Crippen molar-refractivity contribution in [2.75, 3.05) is 19.5 Å². The number of benzene rings is 1. The average Bonchev–Trinajstić information content (AvgIpc) is 2.39. The van der Waals surface area contributed by atoms with Gasteiger partial charge in [0.1, 0.15) is 11.6 Å². The van der Waals surface area contributed by atoms with Gasteiger partial charge in [0.15, 0.2) is 5.82 Å². The van der Waals surface area contributed by atoms with E-state index < -0.39 is 0 Å². The molecule has 0 bridgehead atoms. The van der Waals surface area contributed by atoms with Crippen LogP contribution in [0.1, 0.15) is 12.6 Å². The van der Waals surface area contributed by atoms with E-state index in [9.17, 15) is 0 Å². The van der Waals surface area contributed by atoms with Gasteiger partial charge in [-0.15, -0.1) is 0 Å². The van der Waals surface area contributed by atoms with Gasteiger partial charge in [0, 0.05) is 18.7 Å². The van der Waals surface area contributed by atoms with Crippen molar-refractivity contribution in [2.45, 2.75) is 13.5 Å². The molecule has 5 nitrogen and oxygen atoms in total. The molecule has 0 atom stereocenters. The standard InChI is InChI=1S/C14H17N3O2/c1-3-19-12-6-4-5-10(7-12)14-16-11(9-18-2)8-13(15)17-14/h4-8H,3,9H2,1-2H3,(H2,15,16,17). The van der Waals surface area contributed by atoms with E-state index >= 15 is 0 Å². The summed E-state index contributed by atoms with van der Waals surface area (Å²) in [6.07, 6.45) is 0. The Bertz CT molecular complexity index is 558. The van der Waals surface area contributed by atoms with Gasteiger partial charge in [-0.1, -0.05) is 12.1 Å². The van der Waals surface area contributed by atoms with E-state index in [-0.39, 0.29) is 0 Å². The van der Waals surface area contributed by atoms with Crippen molar-refractivity contribution in [3.63, 3.8) is 0 Å². The molecular formula is C14H17N3O2. The zero-order valence-corrected chi connectivity index (χ0v) is 11.1. The van der Waals surface area contributed by atoms with Crippen LogP contribution in [0.4, 0.5) is 5.82 Å². The molecule has 0 aliphatic heterocycles. The van der Waals surface area contributed by atoms with Crippen molar-refractivity contribution in [1.82, 2.24) is 9.97 Å². The van der Waals surface area contributed by atoms with Crippen LogP contribution in [0.15, 0.2) is 30.3 Å². The number of hydrogen-bond acceptors (Lipinski definition) is 5. The maximum Gasteiger partial charge on any atom is 0.161 e. The summed E-state index contributed by atoms with van der Waals surface area (Å²) >= 11 is 0. The average molecular weight is 259 g/mol. The smallest absolute Gasteiger partial charge is 0.161 e. The van der Waals surface area contributed by atoms with E-state index in [1.165, 1.54) is 0 Å². The van der Waals surface area contributed by atoms with Gasteiger partial charge in [-0.2, -0.15) is 0 Å². The third-order valence-corrected chi connectivity index (χ3v) is 2.49. The van der Waals surface area contributed by atoms with Crippen LogP contribution in [-0.4, -0.2) is 23.7 Å². The predicted octanol–water partition coefficient (Wildman–Crippen LogP) is 2.27. The van der Waals surface area contributed by atoms with Gasteiger partial charge in [-0.3, -0.25) is 0 Å². The molecule has 1 heterocycles. The summed E-state index contributed by atoms with van der Waals surface area (Å²) in [6.45, 7) is 2.97. The molecule has 2 N–H and O–H groups in total. The molecule has 1 aromatic carbocycles. The topological polar surface area (TPSA) is 70.3 Å². The molecule has 0 spiro atoms. The summed E-state index contributed by atoms with van der Waals surface area (Å²) in [6, 6.07) is 9.33. The second-order valence-electron chi connectivity index (χ2n) is 4.00. The SMILES string of the molecule is CCOc1cccc(-c2nc(N)cc(COC)n2)c1. The lowest BCUT2D eigenvalue weighted by Crippen LogP contribution is -2.01. The van der Waals surface area contributed by atoms with Gasteiger partial charge in [0.2, 0.25) is 0 Å². The highest BCUT2D eigenvalue weighted by Crippen LogP contribution is 2.22. The van der Waals surface area contributed by atoms with E-state index in [2.05, 4.69) is 9.97 Å². The highest BCUT2D eigenvalue weighted by molar-refractivity contribution is 5.59. The van der Waals surface area contributed by atoms with E-state index in [0.717, 1.165) is 17.0 Å². The molecule has 0 unspecified atom stereocenters. The van der Waals surface area contributed by atoms with Crippen LogP contribution in [0.2, 0.25) is 0 Å². The molecule has 100 valence electrons. The second-order valence-corrected chi connectivity index (χ2v) is 4.00. The molecule has 0 radical (unpaired) electrons. The summed E-state index contributed by atoms with van der Waals surface area (Å²) in [5.74, 6) is 1.80. The van der Waals surface area contributed by atoms with Crippen molar-refractivity contribution in [3.8, 4) is 17.1 Å². The van der Waals surface area contributed by atoms with E-state index in [0.29, 0.717) is 24.9 Å². The molecule has 0 amide bonds. The summed E-state index contributed by atoms with van der Waals surface area (Å²) in [7, 11) is 1.62. The normalized spacial score (nSPS) is 10.4. The number of nitrogens with two attached hydrogens (primary N) is 1. The van der Waals surface area contributed by atoms with Crippen LogP contribution in [0.25, 0.3) is 11.4 Å². The number of rotatable bonds is 5. The van der Waals surface area contributed by atoms with Gasteiger partial charge in [0.25, 0.3) is 0 Å². The molecule has 2 rings (SSSR count). The second kappa shape index (κ2) is 6.15. The zero-order valence-electron chi connectivity index (χ0n) is 11.1. The predicted molar refractivity (Wildman–Crippen MR) is 73.8 cm³/mol. The van der Waals surface area contributed by atoms with Gasteiger partial charge in [-0.25, -0.2) is 9.97 Å². The fourth-order valence-corrected chi connectivity index (χ4v) is 1.76. The number of nitrogen functional groups attached to an aromatic ring is 1. The molecule has 2 aromatic rings. The van der Waals surface area contributed by atoms with Crippen molar-refractivity contribution < 1.29 is 9.47 Å². The molecule has 5 heteroatoms. The van der Waals surface area contributed by atoms with Crippen molar-refractivity contribution >= 4 is 5.82 Å². The molecule has 19 heavy (non-hydrogen) atoms. The van der Waals surface area contributed by atoms with Crippen LogP contribution in [0, 0.1) is 0 Å². The molecule has 0 fully saturated rings. The lowest BCUT2D eigenvalue weighted by Gasteiger charge is -2.07. The Kier molecular flexibility index (Phi) is 4.30. The van der Waals surface area contributed by atoms with Gasteiger partial charge < -0.3 is 15.2 Å². The van der Waals surface area contributed by atoms with E-state index in [1.54, 1.807) is 13.2 Å². The Morgan fingerprint density at radius 2 is 2.05 bits per heavy atom. The summed E-state index contributed by atoms with van der Waals surface area (Å²) < 4.78 is 10.5. The van der Waals surface area contributed by atoms with Crippen LogP contribution < -0.4 is 10.5 Å². The Labute approximate surface area is 112 Å². The van der Waals surface area contributed by atoms with Crippen LogP contribution in [0.3, 0.4) is 0 Å². The molecular weight excluding hydrogens is 242 g/mol. The van der Waals surface area contributed by atoms with Gasteiger partial charge in [0.05, 0.1) is 18.9 Å². The Balaban J connectivity index is 2.37. The lowest BCUT2D eigenvalue weighted by atomic mass is 10.2. The Morgan fingerprint density at radius 1 is 1.21 bits per heavy atom. The fraction of sp³-hybridized carbons (Fsp3) is 0.286. The first-order chi connectivity index (χ1) is 9.22. The minimum Gasteiger partial charge on any atom is -0.494 e. The Morgan fingerprint density at radius 3 is 2.79 bits per heavy atom. The third kappa shape index (κ3) is 3.42. The summed E-state index contributed by atoms with van der Waals surface area (Å²) in [5, 5.41) is 0. The summed E-state index contributed by atoms with van der Waals surface area (Å²) in [5.41, 5.74) is 7.41. The first kappa shape index (κ1) is 13.3. The highest BCUT2D eigenvalue weighted by Gasteiger charge is 2.06. The molecule has 0 saturated heterocycles. The quantitative estimate of drug-likeness (QED) is 0.892. The van der Waals surface area contributed by atoms with E-state index in [1.807, 2.05) is 31.2 Å². The van der Waals surface area contributed by atoms with Crippen molar-refractivity contribution in [2.24, 2.45) is 0 Å². The number of hydrogen-bond donors (Lipinski definition) is 1. The first-order valence-corrected chi connectivity index (χ1v) is 6.08. The van der Waals surface area contributed by atoms with Crippen LogP contribution in [-0.2, 0) is 11.3 Å². The maximum atomic E-state index is 5.79. The number of methoxy groups -OCH3 is 1. The van der Waals surface area contributed by atoms with Crippen LogP contribution >= 0.6 is 0 Å². The lowest BCUT2D eigenvalue weighted by molar-refractivity contribution is 0.181. The molecule has 1 aromatic heterocycles. The van der Waals surface area contributed by atoms with Crippen molar-refractivity contribution in [1.29, 1.82) is 0 Å². The number of anilines is 1. The minimum absolute atomic E-state index is 0.408. The van der Waals surface area contributed by atoms with Gasteiger partial charge >= 0.3 is 0 Å². The summed E-state index contributed by atoms with van der Waals surface area (Å²) in [4.78, 5) is 8.67. The molecule has 0 saturated carbocycles. The molecule has 0 aliphatic carbocycles. The minimum atomic E-state index is 0.408. The number of nitrogens with zero attached hydrogens (tertiary/aromatic N) is 2. The maximum absolute atomic E-state index is 5.79. The number of ether oxygens (including phenoxy) is 2. The zero-order chi connectivity index (χ0) is 13.7. The number of aromatic nitrogens is 2. The monoisotopic (exact) mass is 259 g/mol. The first-order valence-electron chi connectivity index (χ1n) is 6.08. The van der Waals surface area contributed by atoms with Crippen molar-refractivity contribution in [3.05, 3.63) is 36.0 Å². The van der Waals surface area contributed by atoms with Gasteiger partial charge in [-0.05, 0) is 19.1 Å². The Hall–Kier alpha value is -2.14. The fourth-order valence-electron chi connectivity index (χ4n) is 1.76. The molecule has 0 aliphatic rings. The van der Waals surface area contributed by atoms with E-state index in [4.69, 9.17) is 15.2 Å².